The van der Waals surface area contributed by atoms with Gasteiger partial charge in [0.1, 0.15) is 10.8 Å². The molecule has 144 valence electrons. The number of hydrogen-bond acceptors (Lipinski definition) is 5. The Kier molecular flexibility index (Phi) is 6.15. The fraction of sp³-hybridized carbons (Fsp3) is 0.350. The number of hydrogen-bond donors (Lipinski definition) is 1. The van der Waals surface area contributed by atoms with Crippen LogP contribution in [0, 0.1) is 25.1 Å². The summed E-state index contributed by atoms with van der Waals surface area (Å²) in [5.74, 6) is -1.79. The molecular formula is C20H22FNO4S. The van der Waals surface area contributed by atoms with Crippen LogP contribution in [-0.2, 0) is 9.53 Å². The van der Waals surface area contributed by atoms with E-state index >= 15 is 0 Å². The van der Waals surface area contributed by atoms with Crippen LogP contribution in [0.25, 0.3) is 0 Å². The van der Waals surface area contributed by atoms with Gasteiger partial charge in [-0.15, -0.1) is 11.3 Å². The molecule has 1 N–H and O–H groups in total. The van der Waals surface area contributed by atoms with Crippen LogP contribution in [0.15, 0.2) is 24.3 Å². The number of ether oxygens (including phenoxy) is 1. The van der Waals surface area contributed by atoms with Gasteiger partial charge in [-0.25, -0.2) is 9.18 Å². The van der Waals surface area contributed by atoms with E-state index in [-0.39, 0.29) is 17.0 Å². The van der Waals surface area contributed by atoms with Crippen LogP contribution in [0.1, 0.15) is 51.9 Å². The van der Waals surface area contributed by atoms with E-state index in [0.717, 1.165) is 4.88 Å². The minimum atomic E-state index is -0.684. The lowest BCUT2D eigenvalue weighted by Crippen LogP contribution is -2.28. The Hall–Kier alpha value is -2.54. The molecule has 0 radical (unpaired) electrons. The van der Waals surface area contributed by atoms with Gasteiger partial charge in [-0.3, -0.25) is 9.59 Å². The second-order valence-electron chi connectivity index (χ2n) is 7.20. The molecule has 7 heteroatoms. The highest BCUT2D eigenvalue weighted by atomic mass is 32.1. The largest absolute Gasteiger partial charge is 0.454 e. The molecule has 27 heavy (non-hydrogen) atoms. The molecule has 0 aliphatic rings. The number of carbonyl (C=O) groups excluding carboxylic acids is 3. The summed E-state index contributed by atoms with van der Waals surface area (Å²) < 4.78 is 18.1. The second kappa shape index (κ2) is 8.00. The highest BCUT2D eigenvalue weighted by Gasteiger charge is 2.27. The van der Waals surface area contributed by atoms with Crippen LogP contribution >= 0.6 is 11.3 Å². The van der Waals surface area contributed by atoms with Crippen molar-refractivity contribution in [2.75, 3.05) is 11.9 Å². The third-order valence-corrected chi connectivity index (χ3v) is 5.12. The Labute approximate surface area is 161 Å². The first-order valence-corrected chi connectivity index (χ1v) is 9.19. The van der Waals surface area contributed by atoms with Crippen LogP contribution in [0.3, 0.4) is 0 Å². The first kappa shape index (κ1) is 20.8. The number of benzene rings is 1. The van der Waals surface area contributed by atoms with Crippen molar-refractivity contribution in [3.05, 3.63) is 51.7 Å². The molecule has 0 saturated carbocycles. The van der Waals surface area contributed by atoms with E-state index in [1.54, 1.807) is 27.7 Å². The van der Waals surface area contributed by atoms with Gasteiger partial charge in [0.15, 0.2) is 12.4 Å². The maximum atomic E-state index is 12.9. The van der Waals surface area contributed by atoms with Crippen LogP contribution in [0.2, 0.25) is 0 Å². The van der Waals surface area contributed by atoms with Gasteiger partial charge in [0.2, 0.25) is 5.91 Å². The zero-order chi connectivity index (χ0) is 20.4. The number of ketones is 1. The van der Waals surface area contributed by atoms with Gasteiger partial charge in [-0.2, -0.15) is 0 Å². The van der Waals surface area contributed by atoms with Crippen molar-refractivity contribution in [2.45, 2.75) is 34.6 Å². The van der Waals surface area contributed by atoms with Crippen molar-refractivity contribution in [1.82, 2.24) is 0 Å². The number of Topliss-reactive ketones (excluding diaryl/α,β-unsaturated/α-hetero) is 1. The van der Waals surface area contributed by atoms with E-state index < -0.39 is 29.6 Å². The van der Waals surface area contributed by atoms with Crippen molar-refractivity contribution in [3.63, 3.8) is 0 Å². The number of thiophene rings is 1. The first-order valence-electron chi connectivity index (χ1n) is 8.38. The van der Waals surface area contributed by atoms with E-state index in [4.69, 9.17) is 4.74 Å². The van der Waals surface area contributed by atoms with E-state index in [9.17, 15) is 18.8 Å². The molecule has 2 rings (SSSR count). The highest BCUT2D eigenvalue weighted by molar-refractivity contribution is 7.16. The third kappa shape index (κ3) is 5.01. The molecular weight excluding hydrogens is 369 g/mol. The van der Waals surface area contributed by atoms with E-state index in [1.807, 2.05) is 6.92 Å². The Bertz CT molecular complexity index is 879. The van der Waals surface area contributed by atoms with E-state index in [2.05, 4.69) is 5.32 Å². The molecule has 5 nitrogen and oxygen atoms in total. The monoisotopic (exact) mass is 391 g/mol. The zero-order valence-electron chi connectivity index (χ0n) is 15.9. The lowest BCUT2D eigenvalue weighted by Gasteiger charge is -2.17. The summed E-state index contributed by atoms with van der Waals surface area (Å²) >= 11 is 1.29. The molecule has 1 aromatic carbocycles. The van der Waals surface area contributed by atoms with Gasteiger partial charge < -0.3 is 10.1 Å². The topological polar surface area (TPSA) is 72.5 Å². The Balaban J connectivity index is 2.15. The summed E-state index contributed by atoms with van der Waals surface area (Å²) in [6.07, 6.45) is 0. The van der Waals surface area contributed by atoms with E-state index in [1.165, 1.54) is 35.6 Å². The van der Waals surface area contributed by atoms with Gasteiger partial charge in [0.05, 0.1) is 5.56 Å². The van der Waals surface area contributed by atoms with Gasteiger partial charge in [-0.05, 0) is 43.7 Å². The van der Waals surface area contributed by atoms with Crippen molar-refractivity contribution in [3.8, 4) is 0 Å². The molecule has 0 bridgehead atoms. The maximum Gasteiger partial charge on any atom is 0.341 e. The van der Waals surface area contributed by atoms with Crippen LogP contribution < -0.4 is 5.32 Å². The molecule has 1 aromatic heterocycles. The average Bonchev–Trinajstić information content (AvgIpc) is 2.86. The average molecular weight is 391 g/mol. The Morgan fingerprint density at radius 1 is 1.11 bits per heavy atom. The summed E-state index contributed by atoms with van der Waals surface area (Å²) in [5.41, 5.74) is 0.583. The van der Waals surface area contributed by atoms with Gasteiger partial charge in [-0.1, -0.05) is 20.8 Å². The number of amides is 1. The number of carbonyl (C=O) groups is 3. The first-order chi connectivity index (χ1) is 12.5. The molecule has 0 saturated heterocycles. The Morgan fingerprint density at radius 2 is 1.70 bits per heavy atom. The summed E-state index contributed by atoms with van der Waals surface area (Å²) in [6.45, 7) is 8.45. The number of esters is 1. The summed E-state index contributed by atoms with van der Waals surface area (Å²) in [7, 11) is 0. The van der Waals surface area contributed by atoms with Gasteiger partial charge in [0.25, 0.3) is 0 Å². The summed E-state index contributed by atoms with van der Waals surface area (Å²) in [4.78, 5) is 37.8. The lowest BCUT2D eigenvalue weighted by molar-refractivity contribution is -0.123. The molecule has 2 aromatic rings. The molecule has 0 unspecified atom stereocenters. The fourth-order valence-corrected chi connectivity index (χ4v) is 3.22. The molecule has 0 aliphatic heterocycles. The molecule has 0 atom stereocenters. The number of rotatable bonds is 5. The summed E-state index contributed by atoms with van der Waals surface area (Å²) in [5, 5.41) is 3.18. The molecule has 1 heterocycles. The van der Waals surface area contributed by atoms with Gasteiger partial charge >= 0.3 is 5.97 Å². The standard InChI is InChI=1S/C20H22FNO4S/c1-11-12(2)27-17(22-19(25)20(3,4)5)16(11)18(24)26-10-15(23)13-6-8-14(21)9-7-13/h6-9H,10H2,1-5H3,(H,22,25). The molecule has 0 aliphatic carbocycles. The fourth-order valence-electron chi connectivity index (χ4n) is 2.17. The van der Waals surface area contributed by atoms with Crippen LogP contribution in [-0.4, -0.2) is 24.3 Å². The van der Waals surface area contributed by atoms with Crippen molar-refractivity contribution in [1.29, 1.82) is 0 Å². The number of halogens is 1. The third-order valence-electron chi connectivity index (χ3n) is 4.00. The number of aryl methyl sites for hydroxylation is 1. The van der Waals surface area contributed by atoms with Gasteiger partial charge in [0, 0.05) is 15.9 Å². The molecule has 1 amide bonds. The quantitative estimate of drug-likeness (QED) is 0.600. The second-order valence-corrected chi connectivity index (χ2v) is 8.42. The Morgan fingerprint density at radius 3 is 2.26 bits per heavy atom. The smallest absolute Gasteiger partial charge is 0.341 e. The highest BCUT2D eigenvalue weighted by Crippen LogP contribution is 2.34. The van der Waals surface area contributed by atoms with E-state index in [0.29, 0.717) is 10.6 Å². The lowest BCUT2D eigenvalue weighted by atomic mass is 9.96. The SMILES string of the molecule is Cc1sc(NC(=O)C(C)(C)C)c(C(=O)OCC(=O)c2ccc(F)cc2)c1C. The van der Waals surface area contributed by atoms with Crippen LogP contribution in [0.5, 0.6) is 0 Å². The predicted octanol–water partition coefficient (Wildman–Crippen LogP) is 4.53. The maximum absolute atomic E-state index is 12.9. The summed E-state index contributed by atoms with van der Waals surface area (Å²) in [6, 6.07) is 5.00. The zero-order valence-corrected chi connectivity index (χ0v) is 16.8. The minimum Gasteiger partial charge on any atom is -0.454 e. The normalized spacial score (nSPS) is 11.2. The number of anilines is 1. The van der Waals surface area contributed by atoms with Crippen LogP contribution in [0.4, 0.5) is 9.39 Å². The molecule has 0 spiro atoms. The minimum absolute atomic E-state index is 0.222. The van der Waals surface area contributed by atoms with Crippen molar-refractivity contribution in [2.24, 2.45) is 5.41 Å². The van der Waals surface area contributed by atoms with Crippen molar-refractivity contribution < 1.29 is 23.5 Å². The van der Waals surface area contributed by atoms with Crippen molar-refractivity contribution >= 4 is 34.0 Å². The predicted molar refractivity (Wildman–Crippen MR) is 103 cm³/mol. The number of nitrogens with one attached hydrogen (secondary N) is 1. The molecule has 0 fully saturated rings.